The lowest BCUT2D eigenvalue weighted by molar-refractivity contribution is -0.111. The quantitative estimate of drug-likeness (QED) is 0.546. The molecule has 1 aromatic heterocycles. The first-order chi connectivity index (χ1) is 14.7. The van der Waals surface area contributed by atoms with Crippen molar-refractivity contribution < 1.29 is 14.3 Å². The van der Waals surface area contributed by atoms with Crippen molar-refractivity contribution in [2.75, 3.05) is 19.5 Å². The van der Waals surface area contributed by atoms with Crippen LogP contribution in [0.2, 0.25) is 0 Å². The number of ether oxygens (including phenoxy) is 2. The summed E-state index contributed by atoms with van der Waals surface area (Å²) in [5.41, 5.74) is 5.67. The fourth-order valence-electron chi connectivity index (χ4n) is 3.63. The zero-order valence-electron chi connectivity index (χ0n) is 17.1. The molecule has 1 amide bonds. The number of anilines is 1. The number of carbonyl (C=O) groups is 1. The van der Waals surface area contributed by atoms with Gasteiger partial charge in [-0.05, 0) is 61.1 Å². The number of benzene rings is 2. The van der Waals surface area contributed by atoms with Gasteiger partial charge in [0.05, 0.1) is 19.9 Å². The number of fused-ring (bicyclic) bond motifs is 1. The van der Waals surface area contributed by atoms with Gasteiger partial charge in [-0.15, -0.1) is 11.3 Å². The molecule has 2 aromatic carbocycles. The van der Waals surface area contributed by atoms with Crippen molar-refractivity contribution in [1.29, 1.82) is 0 Å². The molecule has 0 bridgehead atoms. The van der Waals surface area contributed by atoms with Crippen LogP contribution in [-0.4, -0.2) is 25.1 Å². The second-order valence-electron chi connectivity index (χ2n) is 7.16. The second-order valence-corrected chi connectivity index (χ2v) is 8.02. The van der Waals surface area contributed by atoms with Gasteiger partial charge in [-0.3, -0.25) is 10.1 Å². The summed E-state index contributed by atoms with van der Waals surface area (Å²) in [7, 11) is 3.19. The van der Waals surface area contributed by atoms with Gasteiger partial charge in [-0.25, -0.2) is 4.98 Å². The highest BCUT2D eigenvalue weighted by atomic mass is 32.1. The van der Waals surface area contributed by atoms with Gasteiger partial charge >= 0.3 is 0 Å². The van der Waals surface area contributed by atoms with E-state index in [-0.39, 0.29) is 5.91 Å². The van der Waals surface area contributed by atoms with Crippen molar-refractivity contribution in [3.63, 3.8) is 0 Å². The van der Waals surface area contributed by atoms with Gasteiger partial charge in [0, 0.05) is 28.6 Å². The monoisotopic (exact) mass is 420 g/mol. The zero-order chi connectivity index (χ0) is 20.9. The Labute approximate surface area is 180 Å². The Bertz CT molecular complexity index is 1090. The van der Waals surface area contributed by atoms with E-state index in [9.17, 15) is 4.79 Å². The number of hydrogen-bond donors (Lipinski definition) is 1. The highest BCUT2D eigenvalue weighted by Crippen LogP contribution is 2.30. The maximum absolute atomic E-state index is 12.3. The predicted molar refractivity (Wildman–Crippen MR) is 121 cm³/mol. The van der Waals surface area contributed by atoms with Crippen molar-refractivity contribution in [3.05, 3.63) is 64.5 Å². The summed E-state index contributed by atoms with van der Waals surface area (Å²) in [6, 6.07) is 12.0. The van der Waals surface area contributed by atoms with E-state index < -0.39 is 0 Å². The minimum Gasteiger partial charge on any atom is -0.497 e. The number of nitrogens with one attached hydrogen (secondary N) is 1. The number of carbonyl (C=O) groups excluding carboxylic acids is 1. The molecule has 0 saturated carbocycles. The van der Waals surface area contributed by atoms with Crippen LogP contribution in [0.3, 0.4) is 0 Å². The Morgan fingerprint density at radius 2 is 1.90 bits per heavy atom. The van der Waals surface area contributed by atoms with Gasteiger partial charge in [0.1, 0.15) is 11.5 Å². The molecule has 0 saturated heterocycles. The van der Waals surface area contributed by atoms with Crippen molar-refractivity contribution in [2.45, 2.75) is 25.7 Å². The fourth-order valence-corrected chi connectivity index (χ4v) is 4.35. The number of methoxy groups -OCH3 is 2. The molecule has 0 unspecified atom stereocenters. The Kier molecular flexibility index (Phi) is 6.14. The first-order valence-corrected chi connectivity index (χ1v) is 10.8. The van der Waals surface area contributed by atoms with Gasteiger partial charge in [0.15, 0.2) is 5.13 Å². The maximum atomic E-state index is 12.3. The Morgan fingerprint density at radius 3 is 2.70 bits per heavy atom. The first-order valence-electron chi connectivity index (χ1n) is 9.95. The molecule has 0 fully saturated rings. The smallest absolute Gasteiger partial charge is 0.250 e. The molecular weight excluding hydrogens is 396 g/mol. The Morgan fingerprint density at radius 1 is 1.07 bits per heavy atom. The molecule has 1 aliphatic rings. The van der Waals surface area contributed by atoms with Crippen LogP contribution in [-0.2, 0) is 17.6 Å². The van der Waals surface area contributed by atoms with E-state index in [1.165, 1.54) is 47.8 Å². The second kappa shape index (κ2) is 9.13. The molecule has 4 rings (SSSR count). The third-order valence-corrected chi connectivity index (χ3v) is 5.99. The van der Waals surface area contributed by atoms with Crippen LogP contribution in [0.15, 0.2) is 47.9 Å². The van der Waals surface area contributed by atoms with Gasteiger partial charge in [-0.1, -0.05) is 12.1 Å². The van der Waals surface area contributed by atoms with Crippen molar-refractivity contribution in [2.24, 2.45) is 0 Å². The van der Waals surface area contributed by atoms with Crippen LogP contribution in [0.4, 0.5) is 5.13 Å². The van der Waals surface area contributed by atoms with Gasteiger partial charge in [0.2, 0.25) is 5.91 Å². The number of hydrogen-bond acceptors (Lipinski definition) is 5. The van der Waals surface area contributed by atoms with Crippen LogP contribution >= 0.6 is 11.3 Å². The number of amides is 1. The summed E-state index contributed by atoms with van der Waals surface area (Å²) in [4.78, 5) is 16.9. The van der Waals surface area contributed by atoms with E-state index in [1.54, 1.807) is 26.4 Å². The van der Waals surface area contributed by atoms with Crippen LogP contribution in [0, 0.1) is 0 Å². The lowest BCUT2D eigenvalue weighted by atomic mass is 9.90. The van der Waals surface area contributed by atoms with Crippen LogP contribution in [0.5, 0.6) is 11.5 Å². The lowest BCUT2D eigenvalue weighted by Gasteiger charge is -2.16. The summed E-state index contributed by atoms with van der Waals surface area (Å²) in [6.07, 6.45) is 8.01. The SMILES string of the molecule is COc1ccc(/C=C/C(=O)Nc2nc(-c3ccc4c(c3)CCCC4)cs2)c(OC)c1. The average molecular weight is 421 g/mol. The number of thiazole rings is 1. The third kappa shape index (κ3) is 4.54. The Balaban J connectivity index is 1.44. The van der Waals surface area contributed by atoms with E-state index in [1.807, 2.05) is 17.5 Å². The van der Waals surface area contributed by atoms with Crippen LogP contribution in [0.1, 0.15) is 29.5 Å². The van der Waals surface area contributed by atoms with Crippen LogP contribution in [0.25, 0.3) is 17.3 Å². The number of rotatable bonds is 6. The Hall–Kier alpha value is -3.12. The minimum absolute atomic E-state index is 0.237. The zero-order valence-corrected chi connectivity index (χ0v) is 17.9. The largest absolute Gasteiger partial charge is 0.497 e. The minimum atomic E-state index is -0.237. The third-order valence-electron chi connectivity index (χ3n) is 5.23. The highest BCUT2D eigenvalue weighted by Gasteiger charge is 2.12. The molecule has 30 heavy (non-hydrogen) atoms. The molecule has 0 radical (unpaired) electrons. The predicted octanol–water partition coefficient (Wildman–Crippen LogP) is 5.36. The van der Waals surface area contributed by atoms with Crippen molar-refractivity contribution >= 4 is 28.5 Å². The van der Waals surface area contributed by atoms with Crippen molar-refractivity contribution in [1.82, 2.24) is 4.98 Å². The number of nitrogens with zero attached hydrogens (tertiary/aromatic N) is 1. The van der Waals surface area contributed by atoms with Crippen LogP contribution < -0.4 is 14.8 Å². The summed E-state index contributed by atoms with van der Waals surface area (Å²) in [6.45, 7) is 0. The molecule has 6 heteroatoms. The van der Waals surface area contributed by atoms with E-state index in [0.29, 0.717) is 16.6 Å². The molecule has 5 nitrogen and oxygen atoms in total. The molecule has 0 aliphatic heterocycles. The standard InChI is InChI=1S/C24H24N2O3S/c1-28-20-11-9-17(22(14-20)29-2)10-12-23(27)26-24-25-21(15-30-24)19-8-7-16-5-3-4-6-18(16)13-19/h7-15H,3-6H2,1-2H3,(H,25,26,27)/b12-10+. The summed E-state index contributed by atoms with van der Waals surface area (Å²) in [5.74, 6) is 1.10. The van der Waals surface area contributed by atoms with Gasteiger partial charge in [-0.2, -0.15) is 0 Å². The van der Waals surface area contributed by atoms with E-state index in [4.69, 9.17) is 9.47 Å². The van der Waals surface area contributed by atoms with Crippen molar-refractivity contribution in [3.8, 4) is 22.8 Å². The number of aromatic nitrogens is 1. The first kappa shape index (κ1) is 20.2. The van der Waals surface area contributed by atoms with E-state index in [0.717, 1.165) is 23.2 Å². The van der Waals surface area contributed by atoms with Gasteiger partial charge in [0.25, 0.3) is 0 Å². The summed E-state index contributed by atoms with van der Waals surface area (Å²) < 4.78 is 10.6. The fraction of sp³-hybridized carbons (Fsp3) is 0.250. The number of aryl methyl sites for hydroxylation is 2. The molecule has 3 aromatic rings. The normalized spacial score (nSPS) is 13.1. The molecule has 154 valence electrons. The molecule has 0 spiro atoms. The molecule has 1 aliphatic carbocycles. The topological polar surface area (TPSA) is 60.5 Å². The van der Waals surface area contributed by atoms with E-state index >= 15 is 0 Å². The summed E-state index contributed by atoms with van der Waals surface area (Å²) in [5, 5.41) is 5.41. The summed E-state index contributed by atoms with van der Waals surface area (Å²) >= 11 is 1.43. The molecule has 0 atom stereocenters. The maximum Gasteiger partial charge on any atom is 0.250 e. The highest BCUT2D eigenvalue weighted by molar-refractivity contribution is 7.14. The molecule has 1 N–H and O–H groups in total. The lowest BCUT2D eigenvalue weighted by Crippen LogP contribution is -2.07. The van der Waals surface area contributed by atoms with Gasteiger partial charge < -0.3 is 9.47 Å². The molecular formula is C24H24N2O3S. The molecule has 1 heterocycles. The average Bonchev–Trinajstić information content (AvgIpc) is 3.25. The van der Waals surface area contributed by atoms with E-state index in [2.05, 4.69) is 28.5 Å².